The van der Waals surface area contributed by atoms with Crippen molar-refractivity contribution in [3.8, 4) is 5.75 Å². The van der Waals surface area contributed by atoms with Crippen molar-refractivity contribution in [2.24, 2.45) is 0 Å². The molecule has 0 saturated carbocycles. The first-order valence-electron chi connectivity index (χ1n) is 11.1. The van der Waals surface area contributed by atoms with Crippen molar-refractivity contribution in [1.29, 1.82) is 0 Å². The molecule has 3 aromatic carbocycles. The number of carbonyl (C=O) groups is 2. The number of benzene rings is 3. The van der Waals surface area contributed by atoms with Gasteiger partial charge in [0, 0.05) is 18.7 Å². The zero-order valence-electron chi connectivity index (χ0n) is 19.0. The second-order valence-electron chi connectivity index (χ2n) is 7.84. The molecule has 182 valence electrons. The largest absolute Gasteiger partial charge is 0.489 e. The second kappa shape index (κ2) is 11.3. The number of esters is 1. The summed E-state index contributed by atoms with van der Waals surface area (Å²) < 4.78 is 42.8. The van der Waals surface area contributed by atoms with E-state index in [4.69, 9.17) is 14.2 Å². The van der Waals surface area contributed by atoms with E-state index in [0.29, 0.717) is 38.7 Å². The molecule has 0 aliphatic carbocycles. The molecule has 1 aliphatic rings. The first-order chi connectivity index (χ1) is 16.9. The van der Waals surface area contributed by atoms with Gasteiger partial charge in [0.05, 0.1) is 23.7 Å². The van der Waals surface area contributed by atoms with Crippen LogP contribution in [0.2, 0.25) is 0 Å². The maximum Gasteiger partial charge on any atom is 0.338 e. The van der Waals surface area contributed by atoms with Crippen molar-refractivity contribution in [1.82, 2.24) is 4.31 Å². The maximum atomic E-state index is 12.7. The summed E-state index contributed by atoms with van der Waals surface area (Å²) in [6, 6.07) is 21.8. The predicted molar refractivity (Wildman–Crippen MR) is 128 cm³/mol. The summed E-state index contributed by atoms with van der Waals surface area (Å²) in [5.41, 5.74) is 1.57. The Balaban J connectivity index is 1.29. The predicted octanol–water partition coefficient (Wildman–Crippen LogP) is 3.33. The average Bonchev–Trinajstić information content (AvgIpc) is 2.92. The molecule has 35 heavy (non-hydrogen) atoms. The first kappa shape index (κ1) is 24.6. The first-order valence-corrected chi connectivity index (χ1v) is 12.5. The van der Waals surface area contributed by atoms with Crippen LogP contribution in [0.5, 0.6) is 5.75 Å². The van der Waals surface area contributed by atoms with Crippen LogP contribution in [0.15, 0.2) is 83.8 Å². The van der Waals surface area contributed by atoms with Crippen molar-refractivity contribution < 1.29 is 32.2 Å². The van der Waals surface area contributed by atoms with E-state index in [-0.39, 0.29) is 16.0 Å². The molecule has 0 aromatic heterocycles. The quantitative estimate of drug-likeness (QED) is 0.332. The number of ether oxygens (including phenoxy) is 3. The molecular formula is C26H25NO7S. The molecule has 4 rings (SSSR count). The number of carbonyl (C=O) groups excluding carboxylic acids is 2. The standard InChI is InChI=1S/C26H25NO7S/c28-25(21-8-12-24(13-9-21)35(30,31)27-14-16-32-17-15-27)19-34-26(29)22-6-10-23(11-7-22)33-18-20-4-2-1-3-5-20/h1-13H,14-19H2. The van der Waals surface area contributed by atoms with E-state index in [1.54, 1.807) is 24.3 Å². The molecule has 3 aromatic rings. The fourth-order valence-corrected chi connectivity index (χ4v) is 4.88. The molecule has 0 radical (unpaired) electrons. The van der Waals surface area contributed by atoms with Crippen LogP contribution < -0.4 is 4.74 Å². The molecule has 0 unspecified atom stereocenters. The van der Waals surface area contributed by atoms with Gasteiger partial charge in [-0.15, -0.1) is 0 Å². The van der Waals surface area contributed by atoms with Crippen LogP contribution in [0.3, 0.4) is 0 Å². The van der Waals surface area contributed by atoms with Gasteiger partial charge >= 0.3 is 5.97 Å². The van der Waals surface area contributed by atoms with Gasteiger partial charge in [-0.2, -0.15) is 4.31 Å². The molecule has 0 bridgehead atoms. The van der Waals surface area contributed by atoms with Crippen LogP contribution in [0, 0.1) is 0 Å². The highest BCUT2D eigenvalue weighted by Crippen LogP contribution is 2.19. The van der Waals surface area contributed by atoms with Crippen molar-refractivity contribution in [3.05, 3.63) is 95.6 Å². The Morgan fingerprint density at radius 3 is 2.11 bits per heavy atom. The number of nitrogens with zero attached hydrogens (tertiary/aromatic N) is 1. The van der Waals surface area contributed by atoms with E-state index in [9.17, 15) is 18.0 Å². The van der Waals surface area contributed by atoms with E-state index < -0.39 is 28.4 Å². The third-order valence-electron chi connectivity index (χ3n) is 5.46. The third kappa shape index (κ3) is 6.33. The summed E-state index contributed by atoms with van der Waals surface area (Å²) in [6.45, 7) is 1.24. The minimum absolute atomic E-state index is 0.0996. The van der Waals surface area contributed by atoms with Gasteiger partial charge in [0.1, 0.15) is 12.4 Å². The van der Waals surface area contributed by atoms with E-state index in [1.165, 1.54) is 28.6 Å². The highest BCUT2D eigenvalue weighted by Gasteiger charge is 2.26. The summed E-state index contributed by atoms with van der Waals surface area (Å²) in [5.74, 6) is -0.468. The van der Waals surface area contributed by atoms with E-state index in [1.807, 2.05) is 30.3 Å². The molecule has 8 nitrogen and oxygen atoms in total. The lowest BCUT2D eigenvalue weighted by molar-refractivity contribution is 0.0474. The van der Waals surface area contributed by atoms with Gasteiger partial charge in [0.15, 0.2) is 12.4 Å². The van der Waals surface area contributed by atoms with Gasteiger partial charge in [-0.05, 0) is 54.1 Å². The van der Waals surface area contributed by atoms with Gasteiger partial charge in [0.2, 0.25) is 10.0 Å². The highest BCUT2D eigenvalue weighted by atomic mass is 32.2. The molecule has 0 atom stereocenters. The van der Waals surface area contributed by atoms with Gasteiger partial charge in [-0.25, -0.2) is 13.2 Å². The maximum absolute atomic E-state index is 12.7. The van der Waals surface area contributed by atoms with Gasteiger partial charge in [-0.1, -0.05) is 30.3 Å². The fraction of sp³-hybridized carbons (Fsp3) is 0.231. The van der Waals surface area contributed by atoms with Crippen LogP contribution >= 0.6 is 0 Å². The Morgan fingerprint density at radius 2 is 1.46 bits per heavy atom. The molecule has 1 fully saturated rings. The third-order valence-corrected chi connectivity index (χ3v) is 7.37. The van der Waals surface area contributed by atoms with Crippen molar-refractivity contribution in [2.75, 3.05) is 32.9 Å². The molecular weight excluding hydrogens is 470 g/mol. The SMILES string of the molecule is O=C(COC(=O)c1ccc(OCc2ccccc2)cc1)c1ccc(S(=O)(=O)N2CCOCC2)cc1. The van der Waals surface area contributed by atoms with Gasteiger partial charge < -0.3 is 14.2 Å². The summed E-state index contributed by atoms with van der Waals surface area (Å²) in [4.78, 5) is 24.9. The molecule has 9 heteroatoms. The number of sulfonamides is 1. The number of ketones is 1. The van der Waals surface area contributed by atoms with Crippen LogP contribution in [0.25, 0.3) is 0 Å². The molecule has 1 aliphatic heterocycles. The summed E-state index contributed by atoms with van der Waals surface area (Å²) >= 11 is 0. The van der Waals surface area contributed by atoms with Gasteiger partial charge in [0.25, 0.3) is 0 Å². The van der Waals surface area contributed by atoms with Crippen molar-refractivity contribution in [3.63, 3.8) is 0 Å². The monoisotopic (exact) mass is 495 g/mol. The van der Waals surface area contributed by atoms with Crippen LogP contribution in [-0.2, 0) is 26.1 Å². The zero-order chi connectivity index (χ0) is 24.7. The van der Waals surface area contributed by atoms with Crippen LogP contribution in [-0.4, -0.2) is 57.4 Å². The van der Waals surface area contributed by atoms with E-state index in [2.05, 4.69) is 0 Å². The summed E-state index contributed by atoms with van der Waals surface area (Å²) in [5, 5.41) is 0. The number of rotatable bonds is 9. The highest BCUT2D eigenvalue weighted by molar-refractivity contribution is 7.89. The Morgan fingerprint density at radius 1 is 0.829 bits per heavy atom. The number of hydrogen-bond donors (Lipinski definition) is 0. The van der Waals surface area contributed by atoms with Gasteiger partial charge in [-0.3, -0.25) is 4.79 Å². The fourth-order valence-electron chi connectivity index (χ4n) is 3.47. The molecule has 1 heterocycles. The lowest BCUT2D eigenvalue weighted by Crippen LogP contribution is -2.40. The Bertz CT molecular complexity index is 1250. The Kier molecular flexibility index (Phi) is 7.91. The van der Waals surface area contributed by atoms with Crippen molar-refractivity contribution in [2.45, 2.75) is 11.5 Å². The normalized spacial score (nSPS) is 14.3. The lowest BCUT2D eigenvalue weighted by atomic mass is 10.1. The van der Waals surface area contributed by atoms with E-state index >= 15 is 0 Å². The lowest BCUT2D eigenvalue weighted by Gasteiger charge is -2.26. The topological polar surface area (TPSA) is 99.2 Å². The Labute approximate surface area is 204 Å². The molecule has 0 spiro atoms. The molecule has 1 saturated heterocycles. The minimum atomic E-state index is -3.64. The molecule has 0 N–H and O–H groups in total. The van der Waals surface area contributed by atoms with E-state index in [0.717, 1.165) is 5.56 Å². The number of hydrogen-bond acceptors (Lipinski definition) is 7. The average molecular weight is 496 g/mol. The van der Waals surface area contributed by atoms with Crippen LogP contribution in [0.1, 0.15) is 26.3 Å². The second-order valence-corrected chi connectivity index (χ2v) is 9.78. The van der Waals surface area contributed by atoms with Crippen LogP contribution in [0.4, 0.5) is 0 Å². The number of Topliss-reactive ketones (excluding diaryl/α,β-unsaturated/α-hetero) is 1. The molecule has 0 amide bonds. The minimum Gasteiger partial charge on any atom is -0.489 e. The van der Waals surface area contributed by atoms with Crippen molar-refractivity contribution >= 4 is 21.8 Å². The Hall–Kier alpha value is -3.53. The smallest absolute Gasteiger partial charge is 0.338 e. The summed E-state index contributed by atoms with van der Waals surface area (Å²) in [7, 11) is -3.64. The number of morpholine rings is 1. The zero-order valence-corrected chi connectivity index (χ0v) is 19.8. The summed E-state index contributed by atoms with van der Waals surface area (Å²) in [6.07, 6.45) is 0.